The minimum atomic E-state index is 0.230. The van der Waals surface area contributed by atoms with Crippen molar-refractivity contribution in [3.05, 3.63) is 30.0 Å². The molecule has 0 aliphatic carbocycles. The van der Waals surface area contributed by atoms with Gasteiger partial charge >= 0.3 is 0 Å². The molecule has 5 nitrogen and oxygen atoms in total. The molecule has 108 valence electrons. The number of rotatable bonds is 6. The van der Waals surface area contributed by atoms with Crippen molar-refractivity contribution in [1.82, 2.24) is 14.7 Å². The van der Waals surface area contributed by atoms with E-state index in [9.17, 15) is 0 Å². The Morgan fingerprint density at radius 3 is 2.80 bits per heavy atom. The first-order valence-electron chi connectivity index (χ1n) is 7.00. The summed E-state index contributed by atoms with van der Waals surface area (Å²) in [4.78, 5) is 2.19. The standard InChI is InChI=1S/C15H23N5/c1-4-20-14-8-6-5-7-12(14)13(18-20)10-19(3)11(2)9-15(16)17/h5-8,11H,4,9-10H2,1-3H3,(H3,16,17). The molecule has 0 amide bonds. The molecule has 1 atom stereocenters. The van der Waals surface area contributed by atoms with Crippen LogP contribution in [-0.2, 0) is 13.1 Å². The number of hydrogen-bond acceptors (Lipinski definition) is 3. The quantitative estimate of drug-likeness (QED) is 0.626. The third-order valence-electron chi connectivity index (χ3n) is 3.70. The van der Waals surface area contributed by atoms with Crippen LogP contribution >= 0.6 is 0 Å². The van der Waals surface area contributed by atoms with Crippen LogP contribution in [0.3, 0.4) is 0 Å². The van der Waals surface area contributed by atoms with E-state index in [1.807, 2.05) is 23.9 Å². The number of nitrogens with zero attached hydrogens (tertiary/aromatic N) is 3. The molecule has 2 rings (SSSR count). The largest absolute Gasteiger partial charge is 0.388 e. The van der Waals surface area contributed by atoms with Crippen LogP contribution in [0, 0.1) is 5.41 Å². The Kier molecular flexibility index (Phi) is 4.39. The molecule has 0 saturated heterocycles. The van der Waals surface area contributed by atoms with Crippen LogP contribution in [-0.4, -0.2) is 33.6 Å². The van der Waals surface area contributed by atoms with Crippen LogP contribution in [0.15, 0.2) is 24.3 Å². The van der Waals surface area contributed by atoms with Gasteiger partial charge in [-0.2, -0.15) is 5.10 Å². The highest BCUT2D eigenvalue weighted by Gasteiger charge is 2.15. The summed E-state index contributed by atoms with van der Waals surface area (Å²) in [5.41, 5.74) is 7.74. The number of para-hydroxylation sites is 1. The molecule has 1 heterocycles. The summed E-state index contributed by atoms with van der Waals surface area (Å²) in [5.74, 6) is 0.230. The number of hydrogen-bond donors (Lipinski definition) is 2. The topological polar surface area (TPSA) is 70.9 Å². The van der Waals surface area contributed by atoms with Gasteiger partial charge in [0.25, 0.3) is 0 Å². The van der Waals surface area contributed by atoms with Crippen molar-refractivity contribution in [2.45, 2.75) is 39.4 Å². The van der Waals surface area contributed by atoms with Gasteiger partial charge in [-0.05, 0) is 27.0 Å². The van der Waals surface area contributed by atoms with Gasteiger partial charge < -0.3 is 5.73 Å². The van der Waals surface area contributed by atoms with Crippen molar-refractivity contribution in [3.63, 3.8) is 0 Å². The molecule has 0 aliphatic heterocycles. The predicted octanol–water partition coefficient (Wildman–Crippen LogP) is 2.20. The average Bonchev–Trinajstić information content (AvgIpc) is 2.76. The highest BCUT2D eigenvalue weighted by molar-refractivity contribution is 5.82. The van der Waals surface area contributed by atoms with Gasteiger partial charge in [-0.3, -0.25) is 15.0 Å². The van der Waals surface area contributed by atoms with E-state index >= 15 is 0 Å². The minimum Gasteiger partial charge on any atom is -0.388 e. The second-order valence-electron chi connectivity index (χ2n) is 5.27. The fourth-order valence-corrected chi connectivity index (χ4v) is 2.42. The second kappa shape index (κ2) is 6.05. The average molecular weight is 273 g/mol. The zero-order valence-corrected chi connectivity index (χ0v) is 12.4. The van der Waals surface area contributed by atoms with E-state index in [2.05, 4.69) is 30.9 Å². The Bertz CT molecular complexity index is 601. The molecule has 0 saturated carbocycles. The van der Waals surface area contributed by atoms with Gasteiger partial charge in [0, 0.05) is 30.9 Å². The lowest BCUT2D eigenvalue weighted by Gasteiger charge is -2.23. The first kappa shape index (κ1) is 14.5. The molecule has 3 N–H and O–H groups in total. The van der Waals surface area contributed by atoms with Crippen LogP contribution in [0.2, 0.25) is 0 Å². The Labute approximate surface area is 119 Å². The molecule has 2 aromatic rings. The SMILES string of the molecule is CCn1nc(CN(C)C(C)CC(=N)N)c2ccccc21. The maximum atomic E-state index is 7.39. The lowest BCUT2D eigenvalue weighted by atomic mass is 10.1. The fourth-order valence-electron chi connectivity index (χ4n) is 2.42. The van der Waals surface area contributed by atoms with E-state index in [0.29, 0.717) is 6.42 Å². The lowest BCUT2D eigenvalue weighted by molar-refractivity contribution is 0.251. The predicted molar refractivity (Wildman–Crippen MR) is 82.9 cm³/mol. The van der Waals surface area contributed by atoms with Gasteiger partial charge in [-0.1, -0.05) is 18.2 Å². The molecule has 0 radical (unpaired) electrons. The van der Waals surface area contributed by atoms with Gasteiger partial charge in [0.2, 0.25) is 0 Å². The molecule has 20 heavy (non-hydrogen) atoms. The van der Waals surface area contributed by atoms with Gasteiger partial charge in [0.1, 0.15) is 0 Å². The maximum absolute atomic E-state index is 7.39. The monoisotopic (exact) mass is 273 g/mol. The van der Waals surface area contributed by atoms with Crippen LogP contribution in [0.5, 0.6) is 0 Å². The van der Waals surface area contributed by atoms with Crippen LogP contribution in [0.1, 0.15) is 26.0 Å². The molecule has 0 bridgehead atoms. The van der Waals surface area contributed by atoms with Gasteiger partial charge in [0.15, 0.2) is 0 Å². The van der Waals surface area contributed by atoms with E-state index in [-0.39, 0.29) is 11.9 Å². The van der Waals surface area contributed by atoms with Crippen molar-refractivity contribution < 1.29 is 0 Å². The third kappa shape index (κ3) is 2.99. The third-order valence-corrected chi connectivity index (χ3v) is 3.70. The number of nitrogens with one attached hydrogen (secondary N) is 1. The molecule has 1 aromatic carbocycles. The van der Waals surface area contributed by atoms with Crippen molar-refractivity contribution >= 4 is 16.7 Å². The van der Waals surface area contributed by atoms with Crippen molar-refractivity contribution in [2.75, 3.05) is 7.05 Å². The highest BCUT2D eigenvalue weighted by atomic mass is 15.3. The van der Waals surface area contributed by atoms with Crippen LogP contribution in [0.25, 0.3) is 10.9 Å². The summed E-state index contributed by atoms with van der Waals surface area (Å²) in [5, 5.41) is 13.3. The van der Waals surface area contributed by atoms with Crippen molar-refractivity contribution in [2.24, 2.45) is 5.73 Å². The summed E-state index contributed by atoms with van der Waals surface area (Å²) < 4.78 is 2.04. The molecule has 5 heteroatoms. The first-order valence-corrected chi connectivity index (χ1v) is 7.00. The fraction of sp³-hybridized carbons (Fsp3) is 0.467. The van der Waals surface area contributed by atoms with Gasteiger partial charge in [-0.15, -0.1) is 0 Å². The summed E-state index contributed by atoms with van der Waals surface area (Å²) in [6.07, 6.45) is 0.586. The Hall–Kier alpha value is -1.88. The van der Waals surface area contributed by atoms with Crippen molar-refractivity contribution in [1.29, 1.82) is 5.41 Å². The highest BCUT2D eigenvalue weighted by Crippen LogP contribution is 2.20. The first-order chi connectivity index (χ1) is 9.52. The van der Waals surface area contributed by atoms with E-state index < -0.39 is 0 Å². The van der Waals surface area contributed by atoms with E-state index in [1.165, 1.54) is 10.9 Å². The second-order valence-corrected chi connectivity index (χ2v) is 5.27. The molecule has 0 aliphatic rings. The lowest BCUT2D eigenvalue weighted by Crippen LogP contribution is -2.32. The summed E-state index contributed by atoms with van der Waals surface area (Å²) in [7, 11) is 2.05. The number of aromatic nitrogens is 2. The Morgan fingerprint density at radius 2 is 2.15 bits per heavy atom. The molecule has 1 unspecified atom stereocenters. The number of nitrogens with two attached hydrogens (primary N) is 1. The van der Waals surface area contributed by atoms with Gasteiger partial charge in [-0.25, -0.2) is 0 Å². The molecule has 1 aromatic heterocycles. The number of benzene rings is 1. The Morgan fingerprint density at radius 1 is 1.45 bits per heavy atom. The van der Waals surface area contributed by atoms with E-state index in [4.69, 9.17) is 16.2 Å². The molecule has 0 fully saturated rings. The Balaban J connectivity index is 2.23. The summed E-state index contributed by atoms with van der Waals surface area (Å²) >= 11 is 0. The minimum absolute atomic E-state index is 0.230. The van der Waals surface area contributed by atoms with E-state index in [0.717, 1.165) is 18.8 Å². The molecular formula is C15H23N5. The summed E-state index contributed by atoms with van der Waals surface area (Å²) in [6.45, 7) is 5.82. The molecular weight excluding hydrogens is 250 g/mol. The van der Waals surface area contributed by atoms with Gasteiger partial charge in [0.05, 0.1) is 17.0 Å². The normalized spacial score (nSPS) is 13.0. The number of aryl methyl sites for hydroxylation is 1. The van der Waals surface area contributed by atoms with E-state index in [1.54, 1.807) is 0 Å². The van der Waals surface area contributed by atoms with Crippen molar-refractivity contribution in [3.8, 4) is 0 Å². The maximum Gasteiger partial charge on any atom is 0.0920 e. The molecule has 0 spiro atoms. The van der Waals surface area contributed by atoms with Crippen LogP contribution < -0.4 is 5.73 Å². The zero-order valence-electron chi connectivity index (χ0n) is 12.4. The number of fused-ring (bicyclic) bond motifs is 1. The smallest absolute Gasteiger partial charge is 0.0920 e. The zero-order chi connectivity index (χ0) is 14.7. The van der Waals surface area contributed by atoms with Crippen LogP contribution in [0.4, 0.5) is 0 Å². The number of amidine groups is 1. The summed E-state index contributed by atoms with van der Waals surface area (Å²) in [6, 6.07) is 8.55.